The Bertz CT molecular complexity index is 262. The first kappa shape index (κ1) is 11.5. The number of amides is 1. The zero-order valence-electron chi connectivity index (χ0n) is 8.18. The number of hydrogen-bond acceptors (Lipinski definition) is 1. The predicted octanol–water partition coefficient (Wildman–Crippen LogP) is 1.65. The highest BCUT2D eigenvalue weighted by molar-refractivity contribution is 5.87. The summed E-state index contributed by atoms with van der Waals surface area (Å²) in [6.07, 6.45) is 3.77. The summed E-state index contributed by atoms with van der Waals surface area (Å²) >= 11 is 0. The SMILES string of the molecule is C=CC#CCCNC(=O)C=C(C)C. The van der Waals surface area contributed by atoms with Gasteiger partial charge < -0.3 is 5.32 Å². The van der Waals surface area contributed by atoms with Crippen LogP contribution in [-0.4, -0.2) is 12.5 Å². The van der Waals surface area contributed by atoms with Crippen molar-refractivity contribution < 1.29 is 4.79 Å². The first-order chi connectivity index (χ1) is 6.16. The number of carbonyl (C=O) groups excluding carboxylic acids is 1. The van der Waals surface area contributed by atoms with Crippen molar-refractivity contribution >= 4 is 5.91 Å². The molecular weight excluding hydrogens is 162 g/mol. The second-order valence-corrected chi connectivity index (χ2v) is 2.79. The van der Waals surface area contributed by atoms with E-state index in [4.69, 9.17) is 0 Å². The van der Waals surface area contributed by atoms with Crippen LogP contribution in [0.1, 0.15) is 20.3 Å². The van der Waals surface area contributed by atoms with Crippen LogP contribution in [0.3, 0.4) is 0 Å². The second kappa shape index (κ2) is 7.17. The molecule has 0 saturated heterocycles. The lowest BCUT2D eigenvalue weighted by molar-refractivity contribution is -0.116. The van der Waals surface area contributed by atoms with E-state index in [1.807, 2.05) is 13.8 Å². The Morgan fingerprint density at radius 3 is 2.77 bits per heavy atom. The van der Waals surface area contributed by atoms with Crippen molar-refractivity contribution in [2.75, 3.05) is 6.54 Å². The van der Waals surface area contributed by atoms with Gasteiger partial charge in [-0.25, -0.2) is 0 Å². The molecule has 0 rings (SSSR count). The molecule has 0 saturated carbocycles. The molecule has 0 heterocycles. The van der Waals surface area contributed by atoms with Gasteiger partial charge in [0.1, 0.15) is 0 Å². The molecule has 0 aromatic heterocycles. The summed E-state index contributed by atoms with van der Waals surface area (Å²) in [7, 11) is 0. The third kappa shape index (κ3) is 8.42. The standard InChI is InChI=1S/C11H15NO/c1-4-5-6-7-8-12-11(13)9-10(2)3/h4,9H,1,7-8H2,2-3H3,(H,12,13). The van der Waals surface area contributed by atoms with Crippen LogP contribution in [0.4, 0.5) is 0 Å². The molecule has 0 atom stereocenters. The monoisotopic (exact) mass is 177 g/mol. The number of rotatable bonds is 3. The minimum absolute atomic E-state index is 0.0552. The fraction of sp³-hybridized carbons (Fsp3) is 0.364. The lowest BCUT2D eigenvalue weighted by atomic mass is 10.3. The minimum Gasteiger partial charge on any atom is -0.352 e. The molecule has 0 bridgehead atoms. The molecule has 1 N–H and O–H groups in total. The molecule has 0 aliphatic heterocycles. The molecule has 70 valence electrons. The average Bonchev–Trinajstić information content (AvgIpc) is 2.02. The normalized spacial score (nSPS) is 7.85. The maximum Gasteiger partial charge on any atom is 0.243 e. The highest BCUT2D eigenvalue weighted by atomic mass is 16.1. The summed E-state index contributed by atoms with van der Waals surface area (Å²) in [4.78, 5) is 11.0. The van der Waals surface area contributed by atoms with Crippen LogP contribution in [0.25, 0.3) is 0 Å². The van der Waals surface area contributed by atoms with Crippen molar-refractivity contribution in [2.45, 2.75) is 20.3 Å². The largest absolute Gasteiger partial charge is 0.352 e. The Labute approximate surface area is 79.7 Å². The van der Waals surface area contributed by atoms with Crippen molar-refractivity contribution in [1.29, 1.82) is 0 Å². The van der Waals surface area contributed by atoms with E-state index < -0.39 is 0 Å². The maximum absolute atomic E-state index is 11.0. The van der Waals surface area contributed by atoms with Gasteiger partial charge >= 0.3 is 0 Å². The first-order valence-electron chi connectivity index (χ1n) is 4.19. The molecule has 0 spiro atoms. The van der Waals surface area contributed by atoms with Crippen LogP contribution < -0.4 is 5.32 Å². The van der Waals surface area contributed by atoms with E-state index in [2.05, 4.69) is 23.7 Å². The lowest BCUT2D eigenvalue weighted by Gasteiger charge is -1.97. The number of hydrogen-bond donors (Lipinski definition) is 1. The van der Waals surface area contributed by atoms with Gasteiger partial charge in [0.15, 0.2) is 0 Å². The predicted molar refractivity (Wildman–Crippen MR) is 55.0 cm³/mol. The van der Waals surface area contributed by atoms with E-state index in [0.29, 0.717) is 13.0 Å². The smallest absolute Gasteiger partial charge is 0.243 e. The van der Waals surface area contributed by atoms with E-state index >= 15 is 0 Å². The molecular formula is C11H15NO. The zero-order valence-corrected chi connectivity index (χ0v) is 8.18. The number of carbonyl (C=O) groups is 1. The van der Waals surface area contributed by atoms with Crippen LogP contribution in [0.2, 0.25) is 0 Å². The maximum atomic E-state index is 11.0. The molecule has 13 heavy (non-hydrogen) atoms. The van der Waals surface area contributed by atoms with Crippen LogP contribution in [-0.2, 0) is 4.79 Å². The van der Waals surface area contributed by atoms with Gasteiger partial charge in [0.05, 0.1) is 0 Å². The Morgan fingerprint density at radius 2 is 2.23 bits per heavy atom. The highest BCUT2D eigenvalue weighted by Gasteiger charge is 1.92. The Morgan fingerprint density at radius 1 is 1.54 bits per heavy atom. The molecule has 0 aliphatic carbocycles. The third-order valence-corrected chi connectivity index (χ3v) is 1.17. The Balaban J connectivity index is 3.60. The highest BCUT2D eigenvalue weighted by Crippen LogP contribution is 1.86. The van der Waals surface area contributed by atoms with Gasteiger partial charge in [0.25, 0.3) is 0 Å². The summed E-state index contributed by atoms with van der Waals surface area (Å²) in [6.45, 7) is 7.82. The molecule has 0 aromatic carbocycles. The van der Waals surface area contributed by atoms with Crippen molar-refractivity contribution in [3.8, 4) is 11.8 Å². The van der Waals surface area contributed by atoms with Crippen molar-refractivity contribution in [2.24, 2.45) is 0 Å². The van der Waals surface area contributed by atoms with Gasteiger partial charge in [-0.1, -0.05) is 24.0 Å². The molecule has 0 aliphatic rings. The van der Waals surface area contributed by atoms with Gasteiger partial charge in [-0.15, -0.1) is 0 Å². The van der Waals surface area contributed by atoms with Gasteiger partial charge in [-0.2, -0.15) is 0 Å². The molecule has 1 amide bonds. The second-order valence-electron chi connectivity index (χ2n) is 2.79. The lowest BCUT2D eigenvalue weighted by Crippen LogP contribution is -2.22. The van der Waals surface area contributed by atoms with Gasteiger partial charge in [-0.05, 0) is 19.9 Å². The first-order valence-corrected chi connectivity index (χ1v) is 4.19. The summed E-state index contributed by atoms with van der Waals surface area (Å²) in [5.74, 6) is 5.50. The van der Waals surface area contributed by atoms with E-state index in [-0.39, 0.29) is 5.91 Å². The topological polar surface area (TPSA) is 29.1 Å². The van der Waals surface area contributed by atoms with Crippen LogP contribution >= 0.6 is 0 Å². The van der Waals surface area contributed by atoms with Crippen LogP contribution in [0.15, 0.2) is 24.3 Å². The third-order valence-electron chi connectivity index (χ3n) is 1.17. The van der Waals surface area contributed by atoms with Gasteiger partial charge in [-0.3, -0.25) is 4.79 Å². The molecule has 0 radical (unpaired) electrons. The fourth-order valence-corrected chi connectivity index (χ4v) is 0.706. The quantitative estimate of drug-likeness (QED) is 0.396. The zero-order chi connectivity index (χ0) is 10.1. The van der Waals surface area contributed by atoms with E-state index in [1.165, 1.54) is 6.08 Å². The summed E-state index contributed by atoms with van der Waals surface area (Å²) in [5.41, 5.74) is 0.995. The number of allylic oxidation sites excluding steroid dienone is 2. The molecule has 2 heteroatoms. The average molecular weight is 177 g/mol. The Kier molecular flexibility index (Phi) is 6.35. The van der Waals surface area contributed by atoms with Crippen molar-refractivity contribution in [3.05, 3.63) is 24.3 Å². The molecule has 0 aromatic rings. The number of nitrogens with one attached hydrogen (secondary N) is 1. The van der Waals surface area contributed by atoms with Gasteiger partial charge in [0, 0.05) is 19.0 Å². The van der Waals surface area contributed by atoms with E-state index in [1.54, 1.807) is 6.08 Å². The molecule has 0 fully saturated rings. The fourth-order valence-electron chi connectivity index (χ4n) is 0.706. The summed E-state index contributed by atoms with van der Waals surface area (Å²) < 4.78 is 0. The molecule has 0 unspecified atom stereocenters. The van der Waals surface area contributed by atoms with Crippen molar-refractivity contribution in [1.82, 2.24) is 5.32 Å². The summed E-state index contributed by atoms with van der Waals surface area (Å²) in [5, 5.41) is 2.72. The van der Waals surface area contributed by atoms with Gasteiger partial charge in [0.2, 0.25) is 5.91 Å². The van der Waals surface area contributed by atoms with E-state index in [9.17, 15) is 4.79 Å². The molecule has 2 nitrogen and oxygen atoms in total. The Hall–Kier alpha value is -1.49. The minimum atomic E-state index is -0.0552. The van der Waals surface area contributed by atoms with Crippen LogP contribution in [0.5, 0.6) is 0 Å². The summed E-state index contributed by atoms with van der Waals surface area (Å²) in [6, 6.07) is 0. The van der Waals surface area contributed by atoms with E-state index in [0.717, 1.165) is 5.57 Å². The van der Waals surface area contributed by atoms with Crippen molar-refractivity contribution in [3.63, 3.8) is 0 Å². The van der Waals surface area contributed by atoms with Crippen LogP contribution in [0, 0.1) is 11.8 Å².